The Morgan fingerprint density at radius 1 is 1.39 bits per heavy atom. The predicted molar refractivity (Wildman–Crippen MR) is 73.4 cm³/mol. The van der Waals surface area contributed by atoms with Gasteiger partial charge in [-0.15, -0.1) is 0 Å². The summed E-state index contributed by atoms with van der Waals surface area (Å²) >= 11 is 0. The highest BCUT2D eigenvalue weighted by atomic mass is 16.5. The number of morpholine rings is 1. The fourth-order valence-electron chi connectivity index (χ4n) is 2.65. The van der Waals surface area contributed by atoms with E-state index in [4.69, 9.17) is 4.74 Å². The number of nitriles is 1. The van der Waals surface area contributed by atoms with Gasteiger partial charge in [0.15, 0.2) is 0 Å². The number of hydrogen-bond acceptors (Lipinski definition) is 4. The molecule has 1 N–H and O–H groups in total. The average molecular weight is 253 g/mol. The van der Waals surface area contributed by atoms with Crippen LogP contribution in [0, 0.1) is 11.3 Å². The Labute approximate surface area is 111 Å². The Balaban J connectivity index is 2.45. The van der Waals surface area contributed by atoms with Gasteiger partial charge < -0.3 is 4.74 Å². The minimum absolute atomic E-state index is 0.292. The lowest BCUT2D eigenvalue weighted by Crippen LogP contribution is -2.50. The summed E-state index contributed by atoms with van der Waals surface area (Å²) < 4.78 is 5.72. The first kappa shape index (κ1) is 15.4. The fraction of sp³-hybridized carbons (Fsp3) is 0.929. The molecule has 0 aromatic carbocycles. The van der Waals surface area contributed by atoms with Crippen LogP contribution in [0.15, 0.2) is 0 Å². The lowest BCUT2D eigenvalue weighted by Gasteiger charge is -2.37. The third-order valence-electron chi connectivity index (χ3n) is 3.28. The molecule has 1 saturated heterocycles. The zero-order chi connectivity index (χ0) is 13.8. The monoisotopic (exact) mass is 253 g/mol. The van der Waals surface area contributed by atoms with Crippen molar-refractivity contribution in [1.29, 1.82) is 5.26 Å². The predicted octanol–water partition coefficient (Wildman–Crippen LogP) is 1.77. The summed E-state index contributed by atoms with van der Waals surface area (Å²) in [5.41, 5.74) is -0.432. The third kappa shape index (κ3) is 4.93. The van der Waals surface area contributed by atoms with Gasteiger partial charge in [0, 0.05) is 25.7 Å². The van der Waals surface area contributed by atoms with Gasteiger partial charge in [-0.05, 0) is 41.0 Å². The maximum atomic E-state index is 9.31. The highest BCUT2D eigenvalue weighted by Gasteiger charge is 2.27. The quantitative estimate of drug-likeness (QED) is 0.811. The van der Waals surface area contributed by atoms with Gasteiger partial charge in [0.2, 0.25) is 0 Å². The Bertz CT molecular complexity index is 290. The van der Waals surface area contributed by atoms with Crippen molar-refractivity contribution in [2.45, 2.75) is 64.8 Å². The molecule has 0 saturated carbocycles. The molecular formula is C14H27N3O. The first-order valence-electron chi connectivity index (χ1n) is 6.91. The summed E-state index contributed by atoms with van der Waals surface area (Å²) in [6.07, 6.45) is 1.43. The summed E-state index contributed by atoms with van der Waals surface area (Å²) in [6, 6.07) is 2.73. The van der Waals surface area contributed by atoms with Crippen LogP contribution >= 0.6 is 0 Å². The van der Waals surface area contributed by atoms with Crippen molar-refractivity contribution in [2.24, 2.45) is 0 Å². The molecule has 0 radical (unpaired) electrons. The van der Waals surface area contributed by atoms with Crippen molar-refractivity contribution in [3.63, 3.8) is 0 Å². The molecule has 1 fully saturated rings. The Morgan fingerprint density at radius 2 is 1.94 bits per heavy atom. The molecule has 0 aromatic heterocycles. The summed E-state index contributed by atoms with van der Waals surface area (Å²) in [5.74, 6) is 0. The molecule has 1 unspecified atom stereocenters. The summed E-state index contributed by atoms with van der Waals surface area (Å²) in [4.78, 5) is 2.40. The van der Waals surface area contributed by atoms with Crippen molar-refractivity contribution >= 4 is 0 Å². The molecule has 104 valence electrons. The molecule has 4 heteroatoms. The normalized spacial score (nSPS) is 28.9. The summed E-state index contributed by atoms with van der Waals surface area (Å²) in [7, 11) is 0. The van der Waals surface area contributed by atoms with Crippen LogP contribution in [0.5, 0.6) is 0 Å². The van der Waals surface area contributed by atoms with Crippen LogP contribution in [-0.2, 0) is 4.74 Å². The lowest BCUT2D eigenvalue weighted by atomic mass is 9.98. The van der Waals surface area contributed by atoms with Gasteiger partial charge in [0.05, 0.1) is 18.3 Å². The minimum Gasteiger partial charge on any atom is -0.373 e. The molecule has 18 heavy (non-hydrogen) atoms. The third-order valence-corrected chi connectivity index (χ3v) is 3.28. The van der Waals surface area contributed by atoms with Crippen LogP contribution < -0.4 is 5.32 Å². The largest absolute Gasteiger partial charge is 0.373 e. The lowest BCUT2D eigenvalue weighted by molar-refractivity contribution is -0.0690. The van der Waals surface area contributed by atoms with E-state index in [2.05, 4.69) is 44.0 Å². The van der Waals surface area contributed by atoms with Crippen molar-refractivity contribution in [2.75, 3.05) is 19.6 Å². The molecule has 4 nitrogen and oxygen atoms in total. The molecule has 1 rings (SSSR count). The second-order valence-electron chi connectivity index (χ2n) is 6.01. The molecule has 3 atom stereocenters. The molecule has 1 aliphatic rings. The highest BCUT2D eigenvalue weighted by molar-refractivity contribution is 5.04. The van der Waals surface area contributed by atoms with Gasteiger partial charge in [-0.2, -0.15) is 5.26 Å². The molecule has 0 amide bonds. The SMILES string of the molecule is CC(C)NC(C)(C#N)CCN1C[C@@H](C)O[C@@H](C)C1. The molecular weight excluding hydrogens is 226 g/mol. The van der Waals surface area contributed by atoms with E-state index in [1.807, 2.05) is 6.92 Å². The number of nitrogens with one attached hydrogen (secondary N) is 1. The Kier molecular flexibility index (Phi) is 5.58. The topological polar surface area (TPSA) is 48.3 Å². The van der Waals surface area contributed by atoms with Crippen LogP contribution in [0.1, 0.15) is 41.0 Å². The van der Waals surface area contributed by atoms with Crippen LogP contribution in [0.4, 0.5) is 0 Å². The molecule has 1 heterocycles. The highest BCUT2D eigenvalue weighted by Crippen LogP contribution is 2.15. The second kappa shape index (κ2) is 6.51. The van der Waals surface area contributed by atoms with Crippen molar-refractivity contribution < 1.29 is 4.74 Å². The zero-order valence-electron chi connectivity index (χ0n) is 12.4. The van der Waals surface area contributed by atoms with Crippen LogP contribution in [-0.4, -0.2) is 48.3 Å². The van der Waals surface area contributed by atoms with E-state index >= 15 is 0 Å². The standard InChI is InChI=1S/C14H27N3O/c1-11(2)16-14(5,10-15)6-7-17-8-12(3)18-13(4)9-17/h11-13,16H,6-9H2,1-5H3/t12-,13+,14?. The van der Waals surface area contributed by atoms with E-state index in [0.717, 1.165) is 26.1 Å². The molecule has 0 spiro atoms. The van der Waals surface area contributed by atoms with E-state index in [1.165, 1.54) is 0 Å². The van der Waals surface area contributed by atoms with Gasteiger partial charge in [0.25, 0.3) is 0 Å². The first-order valence-corrected chi connectivity index (χ1v) is 6.91. The van der Waals surface area contributed by atoms with Crippen LogP contribution in [0.3, 0.4) is 0 Å². The summed E-state index contributed by atoms with van der Waals surface area (Å²) in [5, 5.41) is 12.7. The summed E-state index contributed by atoms with van der Waals surface area (Å²) in [6.45, 7) is 13.2. The second-order valence-corrected chi connectivity index (χ2v) is 6.01. The van der Waals surface area contributed by atoms with E-state index in [-0.39, 0.29) is 0 Å². The number of nitrogens with zero attached hydrogens (tertiary/aromatic N) is 2. The smallest absolute Gasteiger partial charge is 0.105 e. The minimum atomic E-state index is -0.432. The van der Waals surface area contributed by atoms with E-state index < -0.39 is 5.54 Å². The van der Waals surface area contributed by atoms with Gasteiger partial charge in [0.1, 0.15) is 5.54 Å². The molecule has 0 aliphatic carbocycles. The maximum Gasteiger partial charge on any atom is 0.105 e. The number of ether oxygens (including phenoxy) is 1. The van der Waals surface area contributed by atoms with Crippen molar-refractivity contribution in [1.82, 2.24) is 10.2 Å². The van der Waals surface area contributed by atoms with Crippen LogP contribution in [0.25, 0.3) is 0 Å². The van der Waals surface area contributed by atoms with Crippen molar-refractivity contribution in [3.05, 3.63) is 0 Å². The Hall–Kier alpha value is -0.630. The zero-order valence-corrected chi connectivity index (χ0v) is 12.4. The van der Waals surface area contributed by atoms with Gasteiger partial charge in [-0.3, -0.25) is 10.2 Å². The fourth-order valence-corrected chi connectivity index (χ4v) is 2.65. The maximum absolute atomic E-state index is 9.31. The first-order chi connectivity index (χ1) is 8.34. The van der Waals surface area contributed by atoms with E-state index in [9.17, 15) is 5.26 Å². The molecule has 0 bridgehead atoms. The average Bonchev–Trinajstić information content (AvgIpc) is 2.24. The molecule has 0 aromatic rings. The van der Waals surface area contributed by atoms with Gasteiger partial charge in [-0.25, -0.2) is 0 Å². The molecule has 1 aliphatic heterocycles. The Morgan fingerprint density at radius 3 is 2.39 bits per heavy atom. The van der Waals surface area contributed by atoms with Gasteiger partial charge >= 0.3 is 0 Å². The number of rotatable bonds is 5. The van der Waals surface area contributed by atoms with E-state index in [1.54, 1.807) is 0 Å². The van der Waals surface area contributed by atoms with Crippen molar-refractivity contribution in [3.8, 4) is 6.07 Å². The van der Waals surface area contributed by atoms with E-state index in [0.29, 0.717) is 18.2 Å². The van der Waals surface area contributed by atoms with Gasteiger partial charge in [-0.1, -0.05) is 0 Å². The van der Waals surface area contributed by atoms with Crippen LogP contribution in [0.2, 0.25) is 0 Å². The number of hydrogen-bond donors (Lipinski definition) is 1.